The number of thiophene rings is 1. The molecule has 0 atom stereocenters. The number of carbonyl (C=O) groups excluding carboxylic acids is 1. The van der Waals surface area contributed by atoms with E-state index in [1.165, 1.54) is 21.6 Å². The number of fused-ring (bicyclic) bond motifs is 1. The Bertz CT molecular complexity index is 663. The van der Waals surface area contributed by atoms with Crippen LogP contribution in [-0.2, 0) is 17.8 Å². The SMILES string of the molecule is Cc1ccc(C)c(NCC(=O)N2CCc3sccc3C2)c1. The van der Waals surface area contributed by atoms with Gasteiger partial charge in [0.05, 0.1) is 6.54 Å². The average Bonchev–Trinajstić information content (AvgIpc) is 2.95. The van der Waals surface area contributed by atoms with Gasteiger partial charge in [-0.25, -0.2) is 0 Å². The van der Waals surface area contributed by atoms with Crippen LogP contribution in [0, 0.1) is 13.8 Å². The molecule has 1 aromatic heterocycles. The van der Waals surface area contributed by atoms with Crippen molar-refractivity contribution in [2.75, 3.05) is 18.4 Å². The number of anilines is 1. The highest BCUT2D eigenvalue weighted by molar-refractivity contribution is 7.10. The molecule has 1 aliphatic heterocycles. The summed E-state index contributed by atoms with van der Waals surface area (Å²) >= 11 is 1.80. The zero-order chi connectivity index (χ0) is 14.8. The van der Waals surface area contributed by atoms with E-state index < -0.39 is 0 Å². The number of nitrogens with zero attached hydrogens (tertiary/aromatic N) is 1. The molecular formula is C17H20N2OS. The van der Waals surface area contributed by atoms with Crippen molar-refractivity contribution in [2.24, 2.45) is 0 Å². The van der Waals surface area contributed by atoms with E-state index in [1.807, 2.05) is 4.90 Å². The Morgan fingerprint density at radius 2 is 2.19 bits per heavy atom. The van der Waals surface area contributed by atoms with Gasteiger partial charge in [0, 0.05) is 23.7 Å². The Kier molecular flexibility index (Phi) is 3.97. The topological polar surface area (TPSA) is 32.3 Å². The van der Waals surface area contributed by atoms with Crippen molar-refractivity contribution in [1.29, 1.82) is 0 Å². The second-order valence-electron chi connectivity index (χ2n) is 5.61. The molecule has 1 aliphatic rings. The Morgan fingerprint density at radius 3 is 3.05 bits per heavy atom. The molecule has 0 unspecified atom stereocenters. The van der Waals surface area contributed by atoms with Gasteiger partial charge < -0.3 is 10.2 Å². The summed E-state index contributed by atoms with van der Waals surface area (Å²) in [5.41, 5.74) is 4.74. The fourth-order valence-electron chi connectivity index (χ4n) is 2.67. The second-order valence-corrected chi connectivity index (χ2v) is 6.61. The Morgan fingerprint density at radius 1 is 1.33 bits per heavy atom. The summed E-state index contributed by atoms with van der Waals surface area (Å²) < 4.78 is 0. The maximum atomic E-state index is 12.4. The summed E-state index contributed by atoms with van der Waals surface area (Å²) in [6.45, 7) is 6.08. The standard InChI is InChI=1S/C17H20N2OS/c1-12-3-4-13(2)15(9-12)18-10-17(20)19-7-5-16-14(11-19)6-8-21-16/h3-4,6,8-9,18H,5,7,10-11H2,1-2H3. The number of rotatable bonds is 3. The third-order valence-corrected chi connectivity index (χ3v) is 5.01. The first-order valence-electron chi connectivity index (χ1n) is 7.27. The van der Waals surface area contributed by atoms with Gasteiger partial charge in [0.25, 0.3) is 0 Å². The smallest absolute Gasteiger partial charge is 0.242 e. The molecule has 110 valence electrons. The molecule has 0 aliphatic carbocycles. The highest BCUT2D eigenvalue weighted by atomic mass is 32.1. The van der Waals surface area contributed by atoms with Crippen molar-refractivity contribution < 1.29 is 4.79 Å². The average molecular weight is 300 g/mol. The summed E-state index contributed by atoms with van der Waals surface area (Å²) in [5, 5.41) is 5.40. The third kappa shape index (κ3) is 3.10. The Hall–Kier alpha value is -1.81. The summed E-state index contributed by atoms with van der Waals surface area (Å²) in [7, 11) is 0. The quantitative estimate of drug-likeness (QED) is 0.942. The first kappa shape index (κ1) is 14.1. The van der Waals surface area contributed by atoms with Crippen molar-refractivity contribution in [3.63, 3.8) is 0 Å². The monoisotopic (exact) mass is 300 g/mol. The molecule has 0 bridgehead atoms. The first-order chi connectivity index (χ1) is 10.1. The lowest BCUT2D eigenvalue weighted by Gasteiger charge is -2.27. The zero-order valence-electron chi connectivity index (χ0n) is 12.5. The predicted octanol–water partition coefficient (Wildman–Crippen LogP) is 3.36. The maximum Gasteiger partial charge on any atom is 0.242 e. The van der Waals surface area contributed by atoms with E-state index in [-0.39, 0.29) is 5.91 Å². The second kappa shape index (κ2) is 5.90. The van der Waals surface area contributed by atoms with Gasteiger partial charge >= 0.3 is 0 Å². The highest BCUT2D eigenvalue weighted by Gasteiger charge is 2.21. The van der Waals surface area contributed by atoms with Crippen LogP contribution in [0.4, 0.5) is 5.69 Å². The van der Waals surface area contributed by atoms with Crippen LogP contribution < -0.4 is 5.32 Å². The van der Waals surface area contributed by atoms with Crippen LogP contribution in [0.3, 0.4) is 0 Å². The van der Waals surface area contributed by atoms with Gasteiger partial charge in [-0.1, -0.05) is 12.1 Å². The maximum absolute atomic E-state index is 12.4. The molecule has 2 aromatic rings. The van der Waals surface area contributed by atoms with E-state index in [0.29, 0.717) is 6.54 Å². The number of carbonyl (C=O) groups is 1. The summed E-state index contributed by atoms with van der Waals surface area (Å²) in [6, 6.07) is 8.40. The van der Waals surface area contributed by atoms with E-state index in [9.17, 15) is 4.79 Å². The van der Waals surface area contributed by atoms with Crippen LogP contribution in [0.1, 0.15) is 21.6 Å². The fourth-order valence-corrected chi connectivity index (χ4v) is 3.56. The van der Waals surface area contributed by atoms with Crippen LogP contribution in [0.2, 0.25) is 0 Å². The largest absolute Gasteiger partial charge is 0.376 e. The molecule has 3 rings (SSSR count). The summed E-state index contributed by atoms with van der Waals surface area (Å²) in [5.74, 6) is 0.174. The van der Waals surface area contributed by atoms with Gasteiger partial charge in [0.2, 0.25) is 5.91 Å². The molecule has 3 nitrogen and oxygen atoms in total. The molecule has 1 amide bonds. The van der Waals surface area contributed by atoms with E-state index >= 15 is 0 Å². The first-order valence-corrected chi connectivity index (χ1v) is 8.15. The minimum atomic E-state index is 0.174. The molecule has 0 radical (unpaired) electrons. The molecule has 0 saturated heterocycles. The van der Waals surface area contributed by atoms with Gasteiger partial charge in [-0.3, -0.25) is 4.79 Å². The molecule has 2 heterocycles. The Balaban J connectivity index is 1.61. The number of benzene rings is 1. The van der Waals surface area contributed by atoms with Crippen LogP contribution >= 0.6 is 11.3 Å². The van der Waals surface area contributed by atoms with Crippen molar-refractivity contribution in [3.8, 4) is 0 Å². The molecule has 4 heteroatoms. The zero-order valence-corrected chi connectivity index (χ0v) is 13.3. The lowest BCUT2D eigenvalue weighted by molar-refractivity contribution is -0.130. The molecule has 1 aromatic carbocycles. The molecular weight excluding hydrogens is 280 g/mol. The summed E-state index contributed by atoms with van der Waals surface area (Å²) in [4.78, 5) is 15.7. The van der Waals surface area contributed by atoms with Gasteiger partial charge in [0.1, 0.15) is 0 Å². The predicted molar refractivity (Wildman–Crippen MR) is 87.8 cm³/mol. The number of nitrogens with one attached hydrogen (secondary N) is 1. The molecule has 1 N–H and O–H groups in total. The van der Waals surface area contributed by atoms with Crippen LogP contribution in [0.5, 0.6) is 0 Å². The highest BCUT2D eigenvalue weighted by Crippen LogP contribution is 2.24. The number of aryl methyl sites for hydroxylation is 2. The van der Waals surface area contributed by atoms with Gasteiger partial charge in [-0.05, 0) is 54.5 Å². The van der Waals surface area contributed by atoms with Gasteiger partial charge in [0.15, 0.2) is 0 Å². The van der Waals surface area contributed by atoms with Crippen molar-refractivity contribution in [2.45, 2.75) is 26.8 Å². The van der Waals surface area contributed by atoms with Crippen molar-refractivity contribution >= 4 is 22.9 Å². The molecule has 0 fully saturated rings. The van der Waals surface area contributed by atoms with E-state index in [1.54, 1.807) is 11.3 Å². The third-order valence-electron chi connectivity index (χ3n) is 3.98. The van der Waals surface area contributed by atoms with Crippen LogP contribution in [0.15, 0.2) is 29.6 Å². The molecule has 0 saturated carbocycles. The number of amides is 1. The number of hydrogen-bond acceptors (Lipinski definition) is 3. The van der Waals surface area contributed by atoms with E-state index in [4.69, 9.17) is 0 Å². The minimum absolute atomic E-state index is 0.174. The van der Waals surface area contributed by atoms with Crippen LogP contribution in [0.25, 0.3) is 0 Å². The van der Waals surface area contributed by atoms with E-state index in [2.05, 4.69) is 48.8 Å². The van der Waals surface area contributed by atoms with Crippen molar-refractivity contribution in [1.82, 2.24) is 4.90 Å². The van der Waals surface area contributed by atoms with Gasteiger partial charge in [-0.2, -0.15) is 0 Å². The lowest BCUT2D eigenvalue weighted by atomic mass is 10.1. The molecule has 0 spiro atoms. The van der Waals surface area contributed by atoms with Gasteiger partial charge in [-0.15, -0.1) is 11.3 Å². The van der Waals surface area contributed by atoms with Crippen molar-refractivity contribution in [3.05, 3.63) is 51.2 Å². The van der Waals surface area contributed by atoms with E-state index in [0.717, 1.165) is 25.2 Å². The minimum Gasteiger partial charge on any atom is -0.376 e. The number of hydrogen-bond donors (Lipinski definition) is 1. The normalized spacial score (nSPS) is 13.9. The lowest BCUT2D eigenvalue weighted by Crippen LogP contribution is -2.38. The molecule has 21 heavy (non-hydrogen) atoms. The Labute approximate surface area is 129 Å². The van der Waals surface area contributed by atoms with Crippen LogP contribution in [-0.4, -0.2) is 23.9 Å². The summed E-state index contributed by atoms with van der Waals surface area (Å²) in [6.07, 6.45) is 0.988. The fraction of sp³-hybridized carbons (Fsp3) is 0.353.